The second-order valence-corrected chi connectivity index (χ2v) is 5.08. The Balaban J connectivity index is 2.53. The molecule has 86 valence electrons. The average molecular weight is 218 g/mol. The number of carboxylic acids is 1. The van der Waals surface area contributed by atoms with Crippen molar-refractivity contribution in [3.8, 4) is 0 Å². The number of carbonyl (C=O) groups is 1. The number of hydrogen-bond acceptors (Lipinski definition) is 1. The van der Waals surface area contributed by atoms with Gasteiger partial charge in [-0.15, -0.1) is 0 Å². The molecule has 0 saturated carbocycles. The highest BCUT2D eigenvalue weighted by Gasteiger charge is 2.32. The van der Waals surface area contributed by atoms with Crippen LogP contribution in [0.15, 0.2) is 18.2 Å². The van der Waals surface area contributed by atoms with Gasteiger partial charge in [0, 0.05) is 0 Å². The summed E-state index contributed by atoms with van der Waals surface area (Å²) in [6.07, 6.45) is 4.53. The molecule has 0 aliphatic heterocycles. The molecule has 0 aromatic heterocycles. The van der Waals surface area contributed by atoms with Gasteiger partial charge in [-0.1, -0.05) is 18.2 Å². The predicted octanol–water partition coefficient (Wildman–Crippen LogP) is 2.93. The monoisotopic (exact) mass is 218 g/mol. The molecule has 1 N–H and O–H groups in total. The van der Waals surface area contributed by atoms with Crippen LogP contribution in [0.2, 0.25) is 0 Å². The second kappa shape index (κ2) is 3.93. The van der Waals surface area contributed by atoms with Crippen molar-refractivity contribution in [2.75, 3.05) is 0 Å². The summed E-state index contributed by atoms with van der Waals surface area (Å²) in [6, 6.07) is 6.10. The van der Waals surface area contributed by atoms with Crippen molar-refractivity contribution in [2.45, 2.75) is 44.9 Å². The number of aryl methyl sites for hydroxylation is 1. The lowest BCUT2D eigenvalue weighted by Crippen LogP contribution is -2.30. The number of benzene rings is 1. The smallest absolute Gasteiger partial charge is 0.313 e. The zero-order valence-corrected chi connectivity index (χ0v) is 9.92. The highest BCUT2D eigenvalue weighted by molar-refractivity contribution is 5.81. The maximum Gasteiger partial charge on any atom is 0.313 e. The van der Waals surface area contributed by atoms with E-state index in [0.717, 1.165) is 18.4 Å². The summed E-state index contributed by atoms with van der Waals surface area (Å²) in [7, 11) is 0. The Morgan fingerprint density at radius 3 is 2.62 bits per heavy atom. The number of fused-ring (bicyclic) bond motifs is 1. The zero-order valence-electron chi connectivity index (χ0n) is 9.92. The minimum Gasteiger partial charge on any atom is -0.481 e. The third-order valence-corrected chi connectivity index (χ3v) is 3.60. The Labute approximate surface area is 96.3 Å². The van der Waals surface area contributed by atoms with Gasteiger partial charge in [-0.05, 0) is 56.2 Å². The zero-order chi connectivity index (χ0) is 11.8. The van der Waals surface area contributed by atoms with Crippen LogP contribution in [-0.2, 0) is 23.1 Å². The van der Waals surface area contributed by atoms with Gasteiger partial charge in [-0.3, -0.25) is 4.79 Å². The van der Waals surface area contributed by atoms with Gasteiger partial charge in [-0.25, -0.2) is 0 Å². The Morgan fingerprint density at radius 1 is 1.25 bits per heavy atom. The minimum absolute atomic E-state index is 0.744. The van der Waals surface area contributed by atoms with Crippen molar-refractivity contribution in [1.82, 2.24) is 0 Å². The molecule has 0 amide bonds. The van der Waals surface area contributed by atoms with Crippen LogP contribution < -0.4 is 0 Å². The van der Waals surface area contributed by atoms with Gasteiger partial charge in [0.25, 0.3) is 0 Å². The number of rotatable bonds is 2. The van der Waals surface area contributed by atoms with Crippen LogP contribution in [-0.4, -0.2) is 11.1 Å². The molecular weight excluding hydrogens is 200 g/mol. The van der Waals surface area contributed by atoms with Crippen molar-refractivity contribution in [1.29, 1.82) is 0 Å². The van der Waals surface area contributed by atoms with E-state index < -0.39 is 11.4 Å². The third kappa shape index (κ3) is 1.73. The van der Waals surface area contributed by atoms with Crippen molar-refractivity contribution in [2.24, 2.45) is 0 Å². The fourth-order valence-corrected chi connectivity index (χ4v) is 2.48. The van der Waals surface area contributed by atoms with E-state index >= 15 is 0 Å². The summed E-state index contributed by atoms with van der Waals surface area (Å²) in [4.78, 5) is 11.3. The molecule has 16 heavy (non-hydrogen) atoms. The van der Waals surface area contributed by atoms with Crippen LogP contribution in [0, 0.1) is 0 Å². The molecule has 0 fully saturated rings. The molecule has 2 rings (SSSR count). The van der Waals surface area contributed by atoms with E-state index in [-0.39, 0.29) is 0 Å². The van der Waals surface area contributed by atoms with Crippen molar-refractivity contribution in [3.63, 3.8) is 0 Å². The van der Waals surface area contributed by atoms with Gasteiger partial charge < -0.3 is 5.11 Å². The minimum atomic E-state index is -0.775. The van der Waals surface area contributed by atoms with E-state index in [0.29, 0.717) is 0 Å². The Kier molecular flexibility index (Phi) is 2.75. The van der Waals surface area contributed by atoms with Crippen LogP contribution in [0.1, 0.15) is 43.4 Å². The molecule has 1 aliphatic rings. The van der Waals surface area contributed by atoms with Gasteiger partial charge in [0.1, 0.15) is 0 Å². The normalized spacial score (nSPS) is 15.6. The number of hydrogen-bond donors (Lipinski definition) is 1. The molecule has 0 atom stereocenters. The van der Waals surface area contributed by atoms with Crippen molar-refractivity contribution >= 4 is 5.97 Å². The maximum atomic E-state index is 11.3. The predicted molar refractivity (Wildman–Crippen MR) is 63.7 cm³/mol. The van der Waals surface area contributed by atoms with E-state index in [1.54, 1.807) is 13.8 Å². The molecule has 0 unspecified atom stereocenters. The summed E-state index contributed by atoms with van der Waals surface area (Å²) in [5, 5.41) is 9.30. The number of carboxylic acid groups (broad SMARTS) is 1. The van der Waals surface area contributed by atoms with Crippen molar-refractivity contribution in [3.05, 3.63) is 34.9 Å². The lowest BCUT2D eigenvalue weighted by atomic mass is 9.77. The molecule has 1 aromatic rings. The van der Waals surface area contributed by atoms with Gasteiger partial charge in [0.2, 0.25) is 0 Å². The molecular formula is C14H18O2. The lowest BCUT2D eigenvalue weighted by molar-refractivity contribution is -0.142. The Hall–Kier alpha value is -1.31. The van der Waals surface area contributed by atoms with Gasteiger partial charge in [0.15, 0.2) is 0 Å². The SMILES string of the molecule is CC(C)(C(=O)O)c1cccc2c1CCCC2. The first kappa shape index (κ1) is 11.2. The lowest BCUT2D eigenvalue weighted by Gasteiger charge is -2.27. The van der Waals surface area contributed by atoms with E-state index in [2.05, 4.69) is 6.07 Å². The highest BCUT2D eigenvalue weighted by Crippen LogP contribution is 2.32. The molecule has 2 nitrogen and oxygen atoms in total. The molecule has 1 aliphatic carbocycles. The summed E-state index contributed by atoms with van der Waals surface area (Å²) < 4.78 is 0. The molecule has 0 radical (unpaired) electrons. The van der Waals surface area contributed by atoms with Crippen LogP contribution in [0.4, 0.5) is 0 Å². The maximum absolute atomic E-state index is 11.3. The van der Waals surface area contributed by atoms with E-state index in [1.807, 2.05) is 12.1 Å². The van der Waals surface area contributed by atoms with Crippen LogP contribution in [0.3, 0.4) is 0 Å². The molecule has 0 heterocycles. The summed E-state index contributed by atoms with van der Waals surface area (Å²) in [6.45, 7) is 3.58. The second-order valence-electron chi connectivity index (χ2n) is 5.08. The van der Waals surface area contributed by atoms with E-state index in [1.165, 1.54) is 24.0 Å². The van der Waals surface area contributed by atoms with E-state index in [4.69, 9.17) is 0 Å². The Bertz CT molecular complexity index is 419. The third-order valence-electron chi connectivity index (χ3n) is 3.60. The fourth-order valence-electron chi connectivity index (χ4n) is 2.48. The van der Waals surface area contributed by atoms with Crippen LogP contribution in [0.5, 0.6) is 0 Å². The van der Waals surface area contributed by atoms with Crippen LogP contribution in [0.25, 0.3) is 0 Å². The number of aliphatic carboxylic acids is 1. The van der Waals surface area contributed by atoms with Gasteiger partial charge in [0.05, 0.1) is 5.41 Å². The molecule has 0 spiro atoms. The first-order valence-corrected chi connectivity index (χ1v) is 5.88. The molecule has 0 bridgehead atoms. The standard InChI is InChI=1S/C14H18O2/c1-14(2,13(15)16)12-9-5-7-10-6-3-4-8-11(10)12/h5,7,9H,3-4,6,8H2,1-2H3,(H,15,16). The van der Waals surface area contributed by atoms with Crippen molar-refractivity contribution < 1.29 is 9.90 Å². The Morgan fingerprint density at radius 2 is 1.94 bits per heavy atom. The molecule has 0 saturated heterocycles. The van der Waals surface area contributed by atoms with Gasteiger partial charge >= 0.3 is 5.97 Å². The average Bonchev–Trinajstić information content (AvgIpc) is 2.28. The molecule has 1 aromatic carbocycles. The molecule has 2 heteroatoms. The topological polar surface area (TPSA) is 37.3 Å². The van der Waals surface area contributed by atoms with Gasteiger partial charge in [-0.2, -0.15) is 0 Å². The largest absolute Gasteiger partial charge is 0.481 e. The summed E-state index contributed by atoms with van der Waals surface area (Å²) in [5.41, 5.74) is 2.85. The quantitative estimate of drug-likeness (QED) is 0.828. The highest BCUT2D eigenvalue weighted by atomic mass is 16.4. The summed E-state index contributed by atoms with van der Waals surface area (Å²) >= 11 is 0. The first-order chi connectivity index (χ1) is 7.53. The fraction of sp³-hybridized carbons (Fsp3) is 0.500. The van der Waals surface area contributed by atoms with E-state index in [9.17, 15) is 9.90 Å². The van der Waals surface area contributed by atoms with Crippen LogP contribution >= 0.6 is 0 Å². The summed E-state index contributed by atoms with van der Waals surface area (Å²) in [5.74, 6) is -0.744. The first-order valence-electron chi connectivity index (χ1n) is 5.88.